The Labute approximate surface area is 113 Å². The van der Waals surface area contributed by atoms with E-state index in [0.717, 1.165) is 12.8 Å². The number of hydrogen-bond donors (Lipinski definition) is 1. The summed E-state index contributed by atoms with van der Waals surface area (Å²) in [6, 6.07) is 4.96. The number of rotatable bonds is 3. The standard InChI is InChI=1S/C12H16N4O2S/c1-14-10-4-3-7-16(9-10)19(17,18)12-5-2-6-15-11(12)8-13/h2,5-6,10,14H,3-4,7,9H2,1H3. The fourth-order valence-corrected chi connectivity index (χ4v) is 3.84. The highest BCUT2D eigenvalue weighted by Gasteiger charge is 2.31. The lowest BCUT2D eigenvalue weighted by atomic mass is 10.1. The molecule has 6 nitrogen and oxygen atoms in total. The number of aromatic nitrogens is 1. The summed E-state index contributed by atoms with van der Waals surface area (Å²) in [5.41, 5.74) is -0.0471. The normalized spacial score (nSPS) is 20.9. The molecule has 0 spiro atoms. The van der Waals surface area contributed by atoms with Crippen molar-refractivity contribution in [2.24, 2.45) is 0 Å². The van der Waals surface area contributed by atoms with Gasteiger partial charge in [0.1, 0.15) is 11.0 Å². The van der Waals surface area contributed by atoms with Gasteiger partial charge in [-0.2, -0.15) is 9.57 Å². The third-order valence-corrected chi connectivity index (χ3v) is 5.18. The molecule has 1 saturated heterocycles. The molecule has 1 aliphatic heterocycles. The van der Waals surface area contributed by atoms with Crippen molar-refractivity contribution in [1.29, 1.82) is 5.26 Å². The Hall–Kier alpha value is -1.49. The van der Waals surface area contributed by atoms with Gasteiger partial charge in [-0.1, -0.05) is 0 Å². The second kappa shape index (κ2) is 5.65. The van der Waals surface area contributed by atoms with Crippen LogP contribution in [0.4, 0.5) is 0 Å². The number of nitriles is 1. The molecule has 1 atom stereocenters. The highest BCUT2D eigenvalue weighted by atomic mass is 32.2. The van der Waals surface area contributed by atoms with Gasteiger partial charge in [0.15, 0.2) is 5.69 Å². The molecule has 0 aliphatic carbocycles. The van der Waals surface area contributed by atoms with E-state index in [4.69, 9.17) is 5.26 Å². The fraction of sp³-hybridized carbons (Fsp3) is 0.500. The molecule has 0 saturated carbocycles. The van der Waals surface area contributed by atoms with Crippen molar-refractivity contribution < 1.29 is 8.42 Å². The second-order valence-electron chi connectivity index (χ2n) is 4.45. The van der Waals surface area contributed by atoms with Crippen molar-refractivity contribution in [3.05, 3.63) is 24.0 Å². The molecule has 1 aromatic rings. The maximum absolute atomic E-state index is 12.5. The number of piperidine rings is 1. The minimum absolute atomic E-state index is 0.00532. The minimum Gasteiger partial charge on any atom is -0.316 e. The van der Waals surface area contributed by atoms with E-state index in [0.29, 0.717) is 13.1 Å². The van der Waals surface area contributed by atoms with E-state index in [9.17, 15) is 8.42 Å². The first-order chi connectivity index (χ1) is 9.09. The first-order valence-electron chi connectivity index (χ1n) is 6.12. The SMILES string of the molecule is CNC1CCCN(S(=O)(=O)c2cccnc2C#N)C1. The first-order valence-corrected chi connectivity index (χ1v) is 7.56. The topological polar surface area (TPSA) is 86.1 Å². The molecule has 1 N–H and O–H groups in total. The highest BCUT2D eigenvalue weighted by molar-refractivity contribution is 7.89. The van der Waals surface area contributed by atoms with Crippen LogP contribution in [0.3, 0.4) is 0 Å². The number of nitrogens with one attached hydrogen (secondary N) is 1. The Balaban J connectivity index is 2.35. The number of likely N-dealkylation sites (N-methyl/N-ethyl adjacent to an activating group) is 1. The van der Waals surface area contributed by atoms with E-state index in [-0.39, 0.29) is 16.6 Å². The van der Waals surface area contributed by atoms with E-state index in [1.165, 1.54) is 22.6 Å². The predicted molar refractivity (Wildman–Crippen MR) is 69.8 cm³/mol. The van der Waals surface area contributed by atoms with Gasteiger partial charge in [-0.25, -0.2) is 13.4 Å². The molecule has 2 heterocycles. The summed E-state index contributed by atoms with van der Waals surface area (Å²) in [5, 5.41) is 12.1. The molecule has 19 heavy (non-hydrogen) atoms. The molecular formula is C12H16N4O2S. The second-order valence-corrected chi connectivity index (χ2v) is 6.36. The van der Waals surface area contributed by atoms with Crippen molar-refractivity contribution in [3.8, 4) is 6.07 Å². The average molecular weight is 280 g/mol. The fourth-order valence-electron chi connectivity index (χ4n) is 2.22. The number of sulfonamides is 1. The molecule has 2 rings (SSSR count). The van der Waals surface area contributed by atoms with Gasteiger partial charge in [0.2, 0.25) is 10.0 Å². The zero-order valence-corrected chi connectivity index (χ0v) is 11.5. The van der Waals surface area contributed by atoms with Gasteiger partial charge in [-0.15, -0.1) is 0 Å². The maximum atomic E-state index is 12.5. The van der Waals surface area contributed by atoms with Gasteiger partial charge in [0.05, 0.1) is 0 Å². The van der Waals surface area contributed by atoms with Crippen LogP contribution in [-0.4, -0.2) is 43.9 Å². The molecule has 7 heteroatoms. The zero-order valence-electron chi connectivity index (χ0n) is 10.7. The zero-order chi connectivity index (χ0) is 13.9. The summed E-state index contributed by atoms with van der Waals surface area (Å²) in [6.07, 6.45) is 3.19. The third-order valence-electron chi connectivity index (χ3n) is 3.29. The lowest BCUT2D eigenvalue weighted by Gasteiger charge is -2.31. The van der Waals surface area contributed by atoms with E-state index >= 15 is 0 Å². The van der Waals surface area contributed by atoms with E-state index in [2.05, 4.69) is 10.3 Å². The first kappa shape index (κ1) is 13.9. The van der Waals surface area contributed by atoms with Gasteiger partial charge in [0, 0.05) is 25.3 Å². The van der Waals surface area contributed by atoms with Crippen LogP contribution in [0, 0.1) is 11.3 Å². The van der Waals surface area contributed by atoms with E-state index in [1.54, 1.807) is 0 Å². The Bertz CT molecular complexity index is 594. The molecule has 1 unspecified atom stereocenters. The van der Waals surface area contributed by atoms with Crippen molar-refractivity contribution >= 4 is 10.0 Å². The summed E-state index contributed by atoms with van der Waals surface area (Å²) >= 11 is 0. The summed E-state index contributed by atoms with van der Waals surface area (Å²) in [6.45, 7) is 0.916. The number of nitrogens with zero attached hydrogens (tertiary/aromatic N) is 3. The lowest BCUT2D eigenvalue weighted by Crippen LogP contribution is -2.47. The smallest absolute Gasteiger partial charge is 0.246 e. The minimum atomic E-state index is -3.64. The molecule has 102 valence electrons. The van der Waals surface area contributed by atoms with Gasteiger partial charge in [0.25, 0.3) is 0 Å². The Kier molecular flexibility index (Phi) is 4.14. The van der Waals surface area contributed by atoms with Crippen LogP contribution in [0.2, 0.25) is 0 Å². The Morgan fingerprint density at radius 3 is 3.05 bits per heavy atom. The molecular weight excluding hydrogens is 264 g/mol. The quantitative estimate of drug-likeness (QED) is 0.862. The molecule has 0 aromatic carbocycles. The average Bonchev–Trinajstić information content (AvgIpc) is 2.47. The van der Waals surface area contributed by atoms with Crippen LogP contribution in [0.15, 0.2) is 23.2 Å². The summed E-state index contributed by atoms with van der Waals surface area (Å²) < 4.78 is 26.5. The van der Waals surface area contributed by atoms with Crippen molar-refractivity contribution in [1.82, 2.24) is 14.6 Å². The summed E-state index contributed by atoms with van der Waals surface area (Å²) in [4.78, 5) is 3.81. The largest absolute Gasteiger partial charge is 0.316 e. The summed E-state index contributed by atoms with van der Waals surface area (Å²) in [7, 11) is -1.81. The van der Waals surface area contributed by atoms with Crippen LogP contribution in [-0.2, 0) is 10.0 Å². The van der Waals surface area contributed by atoms with Crippen LogP contribution in [0.1, 0.15) is 18.5 Å². The van der Waals surface area contributed by atoms with Gasteiger partial charge in [-0.3, -0.25) is 0 Å². The third kappa shape index (κ3) is 2.76. The Morgan fingerprint density at radius 1 is 1.58 bits per heavy atom. The van der Waals surface area contributed by atoms with Gasteiger partial charge < -0.3 is 5.32 Å². The van der Waals surface area contributed by atoms with Crippen LogP contribution in [0.5, 0.6) is 0 Å². The monoisotopic (exact) mass is 280 g/mol. The van der Waals surface area contributed by atoms with Crippen molar-refractivity contribution in [3.63, 3.8) is 0 Å². The molecule has 0 radical (unpaired) electrons. The lowest BCUT2D eigenvalue weighted by molar-refractivity contribution is 0.292. The highest BCUT2D eigenvalue weighted by Crippen LogP contribution is 2.22. The molecule has 0 amide bonds. The molecule has 1 aromatic heterocycles. The number of pyridine rings is 1. The van der Waals surface area contributed by atoms with Crippen molar-refractivity contribution in [2.45, 2.75) is 23.8 Å². The Morgan fingerprint density at radius 2 is 2.37 bits per heavy atom. The maximum Gasteiger partial charge on any atom is 0.246 e. The van der Waals surface area contributed by atoms with E-state index < -0.39 is 10.0 Å². The van der Waals surface area contributed by atoms with Gasteiger partial charge >= 0.3 is 0 Å². The number of hydrogen-bond acceptors (Lipinski definition) is 5. The molecule has 1 aliphatic rings. The molecule has 1 fully saturated rings. The van der Waals surface area contributed by atoms with Gasteiger partial charge in [-0.05, 0) is 32.0 Å². The van der Waals surface area contributed by atoms with E-state index in [1.807, 2.05) is 13.1 Å². The predicted octanol–water partition coefficient (Wildman–Crippen LogP) is 0.326. The summed E-state index contributed by atoms with van der Waals surface area (Å²) in [5.74, 6) is 0. The van der Waals surface area contributed by atoms with Crippen LogP contribution in [0.25, 0.3) is 0 Å². The van der Waals surface area contributed by atoms with Crippen LogP contribution < -0.4 is 5.32 Å². The molecule has 0 bridgehead atoms. The van der Waals surface area contributed by atoms with Crippen molar-refractivity contribution in [2.75, 3.05) is 20.1 Å². The van der Waals surface area contributed by atoms with Crippen LogP contribution >= 0.6 is 0 Å².